The second-order valence-electron chi connectivity index (χ2n) is 2.92. The first kappa shape index (κ1) is 11.4. The maximum atomic E-state index is 10.5. The molecule has 0 aromatic heterocycles. The quantitative estimate of drug-likeness (QED) is 0.339. The third-order valence-corrected chi connectivity index (χ3v) is 2.26. The van der Waals surface area contributed by atoms with Gasteiger partial charge in [-0.2, -0.15) is 8.42 Å². The van der Waals surface area contributed by atoms with Crippen molar-refractivity contribution in [3.8, 4) is 0 Å². The second-order valence-corrected chi connectivity index (χ2v) is 4.37. The van der Waals surface area contributed by atoms with Crippen LogP contribution in [0.3, 0.4) is 0 Å². The number of nitrogens with zero attached hydrogens (tertiary/aromatic N) is 1. The first-order chi connectivity index (χ1) is 6.78. The molecule has 8 heteroatoms. The van der Waals surface area contributed by atoms with Crippen LogP contribution < -0.4 is 5.73 Å². The second kappa shape index (κ2) is 3.83. The summed E-state index contributed by atoms with van der Waals surface area (Å²) >= 11 is 0. The van der Waals surface area contributed by atoms with Crippen LogP contribution in [-0.4, -0.2) is 17.9 Å². The van der Waals surface area contributed by atoms with Gasteiger partial charge in [0.1, 0.15) is 5.75 Å². The molecule has 0 aliphatic heterocycles. The van der Waals surface area contributed by atoms with E-state index in [0.717, 1.165) is 12.1 Å². The molecule has 1 rings (SSSR count). The average molecular weight is 232 g/mol. The van der Waals surface area contributed by atoms with E-state index in [1.54, 1.807) is 0 Å². The van der Waals surface area contributed by atoms with Gasteiger partial charge in [0.25, 0.3) is 15.8 Å². The summed E-state index contributed by atoms with van der Waals surface area (Å²) in [5, 5.41) is 10.4. The Morgan fingerprint density at radius 3 is 2.47 bits per heavy atom. The molecule has 0 fully saturated rings. The number of hydrogen-bond acceptors (Lipinski definition) is 5. The zero-order valence-electron chi connectivity index (χ0n) is 7.45. The Balaban J connectivity index is 3.15. The van der Waals surface area contributed by atoms with Crippen molar-refractivity contribution in [2.75, 3.05) is 5.73 Å². The molecular weight excluding hydrogens is 224 g/mol. The molecule has 82 valence electrons. The molecule has 0 radical (unpaired) electrons. The lowest BCUT2D eigenvalue weighted by Crippen LogP contribution is -2.03. The molecular formula is C7H8N2O5S. The van der Waals surface area contributed by atoms with Crippen LogP contribution in [0.1, 0.15) is 5.56 Å². The normalized spacial score (nSPS) is 11.3. The molecule has 0 saturated carbocycles. The van der Waals surface area contributed by atoms with Crippen LogP contribution in [0.4, 0.5) is 11.4 Å². The Labute approximate surface area is 85.4 Å². The van der Waals surface area contributed by atoms with Crippen molar-refractivity contribution in [3.63, 3.8) is 0 Å². The van der Waals surface area contributed by atoms with Gasteiger partial charge in [0.2, 0.25) is 0 Å². The SMILES string of the molecule is Nc1cc(CS(=O)(=O)O)cc([N+](=O)[O-])c1. The van der Waals surface area contributed by atoms with Gasteiger partial charge in [-0.1, -0.05) is 0 Å². The van der Waals surface area contributed by atoms with Gasteiger partial charge in [0, 0.05) is 17.8 Å². The van der Waals surface area contributed by atoms with Gasteiger partial charge in [-0.25, -0.2) is 0 Å². The number of nitrogen functional groups attached to an aromatic ring is 1. The summed E-state index contributed by atoms with van der Waals surface area (Å²) in [5.74, 6) is -0.696. The van der Waals surface area contributed by atoms with E-state index >= 15 is 0 Å². The van der Waals surface area contributed by atoms with Crippen molar-refractivity contribution in [1.29, 1.82) is 0 Å². The van der Waals surface area contributed by atoms with Crippen LogP contribution in [0.2, 0.25) is 0 Å². The predicted octanol–water partition coefficient (Wildman–Crippen LogP) is 0.565. The minimum atomic E-state index is -4.21. The third-order valence-electron chi connectivity index (χ3n) is 1.56. The molecule has 0 aliphatic rings. The van der Waals surface area contributed by atoms with E-state index in [1.165, 1.54) is 6.07 Å². The van der Waals surface area contributed by atoms with Crippen molar-refractivity contribution < 1.29 is 17.9 Å². The van der Waals surface area contributed by atoms with E-state index in [4.69, 9.17) is 10.3 Å². The lowest BCUT2D eigenvalue weighted by molar-refractivity contribution is -0.384. The Bertz CT molecular complexity index is 496. The fourth-order valence-electron chi connectivity index (χ4n) is 1.10. The smallest absolute Gasteiger partial charge is 0.271 e. The van der Waals surface area contributed by atoms with Gasteiger partial charge in [0.15, 0.2) is 0 Å². The van der Waals surface area contributed by atoms with Crippen LogP contribution >= 0.6 is 0 Å². The molecule has 0 heterocycles. The van der Waals surface area contributed by atoms with Gasteiger partial charge < -0.3 is 5.73 Å². The number of non-ortho nitro benzene ring substituents is 1. The highest BCUT2D eigenvalue weighted by Gasteiger charge is 2.12. The fourth-order valence-corrected chi connectivity index (χ4v) is 1.69. The number of nitro groups is 1. The van der Waals surface area contributed by atoms with Crippen LogP contribution in [0.5, 0.6) is 0 Å². The van der Waals surface area contributed by atoms with Crippen LogP contribution in [-0.2, 0) is 15.9 Å². The number of hydrogen-bond donors (Lipinski definition) is 2. The number of nitrogens with two attached hydrogens (primary N) is 1. The maximum Gasteiger partial charge on any atom is 0.271 e. The topological polar surface area (TPSA) is 124 Å². The van der Waals surface area contributed by atoms with Gasteiger partial charge in [-0.15, -0.1) is 0 Å². The molecule has 0 unspecified atom stereocenters. The molecule has 1 aromatic rings. The standard InChI is InChI=1S/C7H8N2O5S/c8-6-1-5(4-15(12,13)14)2-7(3-6)9(10)11/h1-3H,4,8H2,(H,12,13,14). The average Bonchev–Trinajstić information content (AvgIpc) is 1.99. The molecule has 0 amide bonds. The molecule has 1 aromatic carbocycles. The lowest BCUT2D eigenvalue weighted by atomic mass is 10.2. The van der Waals surface area contributed by atoms with E-state index in [0.29, 0.717) is 0 Å². The molecule has 0 bridgehead atoms. The predicted molar refractivity (Wildman–Crippen MR) is 52.8 cm³/mol. The number of nitro benzene ring substituents is 1. The number of anilines is 1. The van der Waals surface area contributed by atoms with E-state index in [1.807, 2.05) is 0 Å². The maximum absolute atomic E-state index is 10.5. The van der Waals surface area contributed by atoms with Gasteiger partial charge in [-0.05, 0) is 11.6 Å². The molecule has 0 aliphatic carbocycles. The largest absolute Gasteiger partial charge is 0.399 e. The molecule has 3 N–H and O–H groups in total. The van der Waals surface area contributed by atoms with Crippen molar-refractivity contribution >= 4 is 21.5 Å². The highest BCUT2D eigenvalue weighted by atomic mass is 32.2. The molecule has 15 heavy (non-hydrogen) atoms. The van der Waals surface area contributed by atoms with Crippen LogP contribution in [0.15, 0.2) is 18.2 Å². The third kappa shape index (κ3) is 3.52. The van der Waals surface area contributed by atoms with Crippen molar-refractivity contribution in [2.24, 2.45) is 0 Å². The summed E-state index contributed by atoms with van der Waals surface area (Å²) < 4.78 is 29.6. The van der Waals surface area contributed by atoms with E-state index in [2.05, 4.69) is 0 Å². The minimum absolute atomic E-state index is 0.0721. The minimum Gasteiger partial charge on any atom is -0.399 e. The van der Waals surface area contributed by atoms with Gasteiger partial charge >= 0.3 is 0 Å². The summed E-state index contributed by atoms with van der Waals surface area (Å²) in [6, 6.07) is 3.40. The summed E-state index contributed by atoms with van der Waals surface area (Å²) in [6.07, 6.45) is 0. The molecule has 7 nitrogen and oxygen atoms in total. The Morgan fingerprint density at radius 1 is 1.40 bits per heavy atom. The molecule has 0 atom stereocenters. The van der Waals surface area contributed by atoms with Crippen LogP contribution in [0.25, 0.3) is 0 Å². The van der Waals surface area contributed by atoms with Crippen molar-refractivity contribution in [2.45, 2.75) is 5.75 Å². The van der Waals surface area contributed by atoms with Crippen molar-refractivity contribution in [3.05, 3.63) is 33.9 Å². The van der Waals surface area contributed by atoms with E-state index < -0.39 is 20.8 Å². The lowest BCUT2D eigenvalue weighted by Gasteiger charge is -2.00. The highest BCUT2D eigenvalue weighted by molar-refractivity contribution is 7.85. The zero-order chi connectivity index (χ0) is 11.6. The van der Waals surface area contributed by atoms with E-state index in [-0.39, 0.29) is 16.9 Å². The van der Waals surface area contributed by atoms with Crippen molar-refractivity contribution in [1.82, 2.24) is 0 Å². The first-order valence-corrected chi connectivity index (χ1v) is 5.38. The summed E-state index contributed by atoms with van der Waals surface area (Å²) in [7, 11) is -4.21. The summed E-state index contributed by atoms with van der Waals surface area (Å²) in [4.78, 5) is 9.72. The van der Waals surface area contributed by atoms with Gasteiger partial charge in [-0.3, -0.25) is 14.7 Å². The summed E-state index contributed by atoms with van der Waals surface area (Å²) in [5.41, 5.74) is 5.17. The number of benzene rings is 1. The Kier molecular flexibility index (Phi) is 2.91. The molecule has 0 saturated heterocycles. The molecule has 0 spiro atoms. The monoisotopic (exact) mass is 232 g/mol. The van der Waals surface area contributed by atoms with Gasteiger partial charge in [0.05, 0.1) is 4.92 Å². The number of rotatable bonds is 3. The zero-order valence-corrected chi connectivity index (χ0v) is 8.27. The first-order valence-electron chi connectivity index (χ1n) is 3.77. The van der Waals surface area contributed by atoms with Crippen LogP contribution in [0, 0.1) is 10.1 Å². The Morgan fingerprint density at radius 2 is 2.00 bits per heavy atom. The fraction of sp³-hybridized carbons (Fsp3) is 0.143. The van der Waals surface area contributed by atoms with E-state index in [9.17, 15) is 18.5 Å². The highest BCUT2D eigenvalue weighted by Crippen LogP contribution is 2.19. The Hall–Kier alpha value is -1.67. The summed E-state index contributed by atoms with van der Waals surface area (Å²) in [6.45, 7) is 0.